The van der Waals surface area contributed by atoms with E-state index in [2.05, 4.69) is 15.3 Å². The molecule has 7 heteroatoms. The number of carbonyl (C=O) groups excluding carboxylic acids is 1. The predicted molar refractivity (Wildman–Crippen MR) is 99.1 cm³/mol. The zero-order valence-electron chi connectivity index (χ0n) is 14.4. The molecule has 4 rings (SSSR count). The van der Waals surface area contributed by atoms with Gasteiger partial charge in [-0.15, -0.1) is 11.3 Å². The fourth-order valence-corrected chi connectivity index (χ4v) is 4.03. The molecule has 3 aromatic rings. The molecule has 2 aromatic heterocycles. The van der Waals surface area contributed by atoms with E-state index >= 15 is 0 Å². The van der Waals surface area contributed by atoms with E-state index < -0.39 is 0 Å². The minimum atomic E-state index is -0.273. The summed E-state index contributed by atoms with van der Waals surface area (Å²) in [5.41, 5.74) is 1.64. The number of rotatable bonds is 6. The molecular weight excluding hydrogens is 351 g/mol. The lowest BCUT2D eigenvalue weighted by Gasteiger charge is -2.03. The number of benzene rings is 1. The second-order valence-electron chi connectivity index (χ2n) is 6.36. The number of hydrogen-bond acceptors (Lipinski definition) is 4. The molecule has 0 atom stereocenters. The average Bonchev–Trinajstić information content (AvgIpc) is 3.23. The molecule has 0 aliphatic heterocycles. The summed E-state index contributed by atoms with van der Waals surface area (Å²) in [5, 5.41) is 3.40. The quantitative estimate of drug-likeness (QED) is 0.707. The Bertz CT molecular complexity index is 945. The van der Waals surface area contributed by atoms with Crippen molar-refractivity contribution in [1.82, 2.24) is 14.5 Å². The second kappa shape index (κ2) is 6.99. The van der Waals surface area contributed by atoms with Gasteiger partial charge in [0.25, 0.3) is 5.91 Å². The molecule has 2 heterocycles. The van der Waals surface area contributed by atoms with Crippen LogP contribution in [0.5, 0.6) is 0 Å². The number of thiazole rings is 1. The van der Waals surface area contributed by atoms with Crippen LogP contribution in [0.3, 0.4) is 0 Å². The van der Waals surface area contributed by atoms with Gasteiger partial charge in [-0.1, -0.05) is 18.2 Å². The molecular formula is C19H19FN4OS. The third-order valence-corrected chi connectivity index (χ3v) is 5.47. The molecule has 134 valence electrons. The van der Waals surface area contributed by atoms with Crippen molar-refractivity contribution in [2.45, 2.75) is 38.6 Å². The summed E-state index contributed by atoms with van der Waals surface area (Å²) in [6.07, 6.45) is 6.08. The number of hydrogen-bond donors (Lipinski definition) is 1. The Balaban J connectivity index is 1.58. The van der Waals surface area contributed by atoms with E-state index in [1.807, 2.05) is 13.0 Å². The van der Waals surface area contributed by atoms with Crippen LogP contribution in [0.25, 0.3) is 0 Å². The number of amides is 1. The first-order valence-electron chi connectivity index (χ1n) is 8.71. The van der Waals surface area contributed by atoms with E-state index in [1.54, 1.807) is 29.1 Å². The van der Waals surface area contributed by atoms with Crippen molar-refractivity contribution in [1.29, 1.82) is 0 Å². The Morgan fingerprint density at radius 3 is 2.92 bits per heavy atom. The third kappa shape index (κ3) is 3.39. The van der Waals surface area contributed by atoms with E-state index in [0.29, 0.717) is 35.4 Å². The van der Waals surface area contributed by atoms with Crippen molar-refractivity contribution in [2.24, 2.45) is 0 Å². The van der Waals surface area contributed by atoms with Crippen LogP contribution in [0, 0.1) is 5.82 Å². The van der Waals surface area contributed by atoms with Crippen LogP contribution in [-0.2, 0) is 13.0 Å². The van der Waals surface area contributed by atoms with E-state index in [0.717, 1.165) is 23.4 Å². The Morgan fingerprint density at radius 1 is 1.38 bits per heavy atom. The minimum Gasteiger partial charge on any atom is -0.327 e. The number of aryl methyl sites for hydroxylation is 1. The van der Waals surface area contributed by atoms with Crippen molar-refractivity contribution in [3.05, 3.63) is 64.4 Å². The first-order chi connectivity index (χ1) is 12.7. The van der Waals surface area contributed by atoms with Crippen LogP contribution in [0.4, 0.5) is 9.52 Å². The van der Waals surface area contributed by atoms with Crippen molar-refractivity contribution < 1.29 is 9.18 Å². The Labute approximate surface area is 154 Å². The summed E-state index contributed by atoms with van der Waals surface area (Å²) < 4.78 is 15.8. The summed E-state index contributed by atoms with van der Waals surface area (Å²) >= 11 is 1.42. The predicted octanol–water partition coefficient (Wildman–Crippen LogP) is 4.22. The van der Waals surface area contributed by atoms with Gasteiger partial charge in [-0.25, -0.2) is 14.4 Å². The molecule has 1 aromatic carbocycles. The van der Waals surface area contributed by atoms with Gasteiger partial charge in [0.15, 0.2) is 11.0 Å². The first kappa shape index (κ1) is 16.9. The molecule has 0 spiro atoms. The van der Waals surface area contributed by atoms with E-state index in [1.165, 1.54) is 17.4 Å². The van der Waals surface area contributed by atoms with Gasteiger partial charge >= 0.3 is 0 Å². The molecule has 1 N–H and O–H groups in total. The van der Waals surface area contributed by atoms with Crippen LogP contribution in [0.15, 0.2) is 36.7 Å². The molecule has 0 unspecified atom stereocenters. The third-order valence-electron chi connectivity index (χ3n) is 4.48. The fraction of sp³-hybridized carbons (Fsp3) is 0.316. The molecule has 0 radical (unpaired) electrons. The molecule has 26 heavy (non-hydrogen) atoms. The van der Waals surface area contributed by atoms with Crippen molar-refractivity contribution >= 4 is 22.4 Å². The van der Waals surface area contributed by atoms with E-state index in [4.69, 9.17) is 0 Å². The monoisotopic (exact) mass is 370 g/mol. The van der Waals surface area contributed by atoms with E-state index in [-0.39, 0.29) is 11.7 Å². The highest BCUT2D eigenvalue weighted by Crippen LogP contribution is 2.44. The Morgan fingerprint density at radius 2 is 2.19 bits per heavy atom. The lowest BCUT2D eigenvalue weighted by atomic mass is 10.1. The fourth-order valence-electron chi connectivity index (χ4n) is 2.96. The smallest absolute Gasteiger partial charge is 0.293 e. The summed E-state index contributed by atoms with van der Waals surface area (Å²) in [4.78, 5) is 22.3. The van der Waals surface area contributed by atoms with Crippen molar-refractivity contribution in [2.75, 3.05) is 5.32 Å². The second-order valence-corrected chi connectivity index (χ2v) is 7.44. The number of aromatic nitrogens is 3. The summed E-state index contributed by atoms with van der Waals surface area (Å²) in [6.45, 7) is 2.63. The highest BCUT2D eigenvalue weighted by atomic mass is 32.1. The molecule has 5 nitrogen and oxygen atoms in total. The zero-order valence-corrected chi connectivity index (χ0v) is 15.2. The van der Waals surface area contributed by atoms with Crippen molar-refractivity contribution in [3.63, 3.8) is 0 Å². The summed E-state index contributed by atoms with van der Waals surface area (Å²) in [7, 11) is 0. The lowest BCUT2D eigenvalue weighted by Crippen LogP contribution is -2.17. The van der Waals surface area contributed by atoms with Gasteiger partial charge in [0, 0.05) is 36.2 Å². The molecule has 1 saturated carbocycles. The first-order valence-corrected chi connectivity index (χ1v) is 9.52. The summed E-state index contributed by atoms with van der Waals surface area (Å²) in [5.74, 6) is 0.311. The van der Waals surface area contributed by atoms with Crippen LogP contribution in [0.1, 0.15) is 52.4 Å². The molecule has 0 saturated heterocycles. The number of carbonyl (C=O) groups is 1. The number of halogens is 1. The van der Waals surface area contributed by atoms with Gasteiger partial charge in [0.1, 0.15) is 5.82 Å². The maximum atomic E-state index is 14.0. The Kier molecular flexibility index (Phi) is 4.55. The number of imidazole rings is 1. The maximum absolute atomic E-state index is 14.0. The SMILES string of the molecule is CCn1ccnc1C(=O)Nc1nc(C2CC2)c(Cc2ccccc2F)s1. The summed E-state index contributed by atoms with van der Waals surface area (Å²) in [6, 6.07) is 6.79. The molecule has 1 aliphatic rings. The van der Waals surface area contributed by atoms with Gasteiger partial charge in [-0.2, -0.15) is 0 Å². The van der Waals surface area contributed by atoms with Crippen molar-refractivity contribution in [3.8, 4) is 0 Å². The molecule has 1 aliphatic carbocycles. The van der Waals surface area contributed by atoms with Crippen LogP contribution in [0.2, 0.25) is 0 Å². The van der Waals surface area contributed by atoms with Crippen LogP contribution in [-0.4, -0.2) is 20.4 Å². The average molecular weight is 370 g/mol. The highest BCUT2D eigenvalue weighted by Gasteiger charge is 2.30. The topological polar surface area (TPSA) is 59.8 Å². The molecule has 1 fully saturated rings. The number of nitrogens with one attached hydrogen (secondary N) is 1. The number of nitrogens with zero attached hydrogens (tertiary/aromatic N) is 3. The zero-order chi connectivity index (χ0) is 18.1. The number of anilines is 1. The molecule has 0 bridgehead atoms. The van der Waals surface area contributed by atoms with Gasteiger partial charge in [-0.05, 0) is 31.4 Å². The Hall–Kier alpha value is -2.54. The van der Waals surface area contributed by atoms with Gasteiger partial charge in [0.2, 0.25) is 0 Å². The van der Waals surface area contributed by atoms with Crippen LogP contribution < -0.4 is 5.32 Å². The van der Waals surface area contributed by atoms with E-state index in [9.17, 15) is 9.18 Å². The standard InChI is InChI=1S/C19H19FN4OS/c1-2-24-10-9-21-17(24)18(25)23-19-22-16(12-7-8-12)15(26-19)11-13-5-3-4-6-14(13)20/h3-6,9-10,12H,2,7-8,11H2,1H3,(H,22,23,25). The van der Waals surface area contributed by atoms with Gasteiger partial charge in [-0.3, -0.25) is 10.1 Å². The lowest BCUT2D eigenvalue weighted by molar-refractivity contribution is 0.101. The highest BCUT2D eigenvalue weighted by molar-refractivity contribution is 7.16. The molecule has 1 amide bonds. The van der Waals surface area contributed by atoms with Gasteiger partial charge in [0.05, 0.1) is 5.69 Å². The normalized spacial score (nSPS) is 13.8. The maximum Gasteiger partial charge on any atom is 0.293 e. The largest absolute Gasteiger partial charge is 0.327 e. The van der Waals surface area contributed by atoms with Gasteiger partial charge < -0.3 is 4.57 Å². The minimum absolute atomic E-state index is 0.210. The van der Waals surface area contributed by atoms with Crippen LogP contribution >= 0.6 is 11.3 Å².